The number of hydrogen-bond acceptors (Lipinski definition) is 3. The zero-order valence-electron chi connectivity index (χ0n) is 11.0. The molecule has 1 rings (SSSR count). The summed E-state index contributed by atoms with van der Waals surface area (Å²) < 4.78 is 6.99. The SMILES string of the molecule is CCOC(=O)CCCCCNc1cc(Br)ccc1Br. The van der Waals surface area contributed by atoms with E-state index in [2.05, 4.69) is 37.2 Å². The van der Waals surface area contributed by atoms with E-state index in [1.807, 2.05) is 25.1 Å². The minimum absolute atomic E-state index is 0.0924. The van der Waals surface area contributed by atoms with Crippen LogP contribution in [0.15, 0.2) is 27.1 Å². The molecule has 0 bridgehead atoms. The van der Waals surface area contributed by atoms with E-state index in [-0.39, 0.29) is 5.97 Å². The van der Waals surface area contributed by atoms with E-state index >= 15 is 0 Å². The monoisotopic (exact) mass is 391 g/mol. The maximum Gasteiger partial charge on any atom is 0.305 e. The highest BCUT2D eigenvalue weighted by Crippen LogP contribution is 2.26. The number of anilines is 1. The molecule has 1 aromatic rings. The quantitative estimate of drug-likeness (QED) is 0.512. The van der Waals surface area contributed by atoms with Gasteiger partial charge in [0.15, 0.2) is 0 Å². The first-order valence-corrected chi connectivity index (χ1v) is 8.06. The molecule has 0 aliphatic heterocycles. The Morgan fingerprint density at radius 2 is 2.05 bits per heavy atom. The van der Waals surface area contributed by atoms with Crippen molar-refractivity contribution in [1.29, 1.82) is 0 Å². The third-order valence-electron chi connectivity index (χ3n) is 2.61. The number of benzene rings is 1. The van der Waals surface area contributed by atoms with E-state index in [1.165, 1.54) is 0 Å². The van der Waals surface area contributed by atoms with Crippen molar-refractivity contribution in [3.8, 4) is 0 Å². The molecule has 1 N–H and O–H groups in total. The maximum absolute atomic E-state index is 11.1. The van der Waals surface area contributed by atoms with E-state index in [4.69, 9.17) is 4.74 Å². The topological polar surface area (TPSA) is 38.3 Å². The summed E-state index contributed by atoms with van der Waals surface area (Å²) in [4.78, 5) is 11.1. The molecule has 0 unspecified atom stereocenters. The summed E-state index contributed by atoms with van der Waals surface area (Å²) in [5.41, 5.74) is 1.08. The molecule has 5 heteroatoms. The molecule has 0 atom stereocenters. The number of nitrogens with one attached hydrogen (secondary N) is 1. The van der Waals surface area contributed by atoms with Gasteiger partial charge < -0.3 is 10.1 Å². The fourth-order valence-corrected chi connectivity index (χ4v) is 2.41. The highest BCUT2D eigenvalue weighted by atomic mass is 79.9. The number of ether oxygens (including phenoxy) is 1. The fraction of sp³-hybridized carbons (Fsp3) is 0.500. The summed E-state index contributed by atoms with van der Waals surface area (Å²) in [7, 11) is 0. The number of carbonyl (C=O) groups excluding carboxylic acids is 1. The van der Waals surface area contributed by atoms with Crippen molar-refractivity contribution in [2.75, 3.05) is 18.5 Å². The number of halogens is 2. The van der Waals surface area contributed by atoms with Crippen LogP contribution in [0.4, 0.5) is 5.69 Å². The second-order valence-electron chi connectivity index (χ2n) is 4.17. The standard InChI is InChI=1S/C14H19Br2NO2/c1-2-19-14(18)6-4-3-5-9-17-13-10-11(15)7-8-12(13)16/h7-8,10,17H,2-6,9H2,1H3. The largest absolute Gasteiger partial charge is 0.466 e. The second kappa shape index (κ2) is 9.37. The number of hydrogen-bond donors (Lipinski definition) is 1. The fourth-order valence-electron chi connectivity index (χ4n) is 1.66. The number of unbranched alkanes of at least 4 members (excludes halogenated alkanes) is 2. The predicted molar refractivity (Wildman–Crippen MR) is 85.4 cm³/mol. The van der Waals surface area contributed by atoms with Gasteiger partial charge in [-0.1, -0.05) is 22.4 Å². The van der Waals surface area contributed by atoms with Gasteiger partial charge in [0.1, 0.15) is 0 Å². The molecule has 0 radical (unpaired) electrons. The number of rotatable bonds is 8. The van der Waals surface area contributed by atoms with Crippen molar-refractivity contribution >= 4 is 43.5 Å². The van der Waals surface area contributed by atoms with Crippen LogP contribution in [-0.4, -0.2) is 19.1 Å². The molecule has 19 heavy (non-hydrogen) atoms. The van der Waals surface area contributed by atoms with Gasteiger partial charge >= 0.3 is 5.97 Å². The molecular formula is C14H19Br2NO2. The maximum atomic E-state index is 11.1. The van der Waals surface area contributed by atoms with Crippen LogP contribution in [0.1, 0.15) is 32.6 Å². The average molecular weight is 393 g/mol. The first-order valence-electron chi connectivity index (χ1n) is 6.48. The van der Waals surface area contributed by atoms with Crippen LogP contribution in [-0.2, 0) is 9.53 Å². The molecular weight excluding hydrogens is 374 g/mol. The number of esters is 1. The first kappa shape index (κ1) is 16.5. The van der Waals surface area contributed by atoms with Crippen LogP contribution in [0.2, 0.25) is 0 Å². The lowest BCUT2D eigenvalue weighted by Crippen LogP contribution is -2.05. The Balaban J connectivity index is 2.14. The van der Waals surface area contributed by atoms with E-state index < -0.39 is 0 Å². The highest BCUT2D eigenvalue weighted by Gasteiger charge is 2.02. The first-order chi connectivity index (χ1) is 9.13. The Kier molecular flexibility index (Phi) is 8.14. The Morgan fingerprint density at radius 1 is 1.26 bits per heavy atom. The summed E-state index contributed by atoms with van der Waals surface area (Å²) >= 11 is 6.95. The van der Waals surface area contributed by atoms with Crippen molar-refractivity contribution in [3.05, 3.63) is 27.1 Å². The lowest BCUT2D eigenvalue weighted by Gasteiger charge is -2.09. The van der Waals surface area contributed by atoms with Crippen molar-refractivity contribution < 1.29 is 9.53 Å². The van der Waals surface area contributed by atoms with E-state index in [1.54, 1.807) is 0 Å². The Labute approximate surface area is 131 Å². The lowest BCUT2D eigenvalue weighted by molar-refractivity contribution is -0.143. The third kappa shape index (κ3) is 6.97. The van der Waals surface area contributed by atoms with Crippen molar-refractivity contribution in [2.24, 2.45) is 0 Å². The van der Waals surface area contributed by atoms with Gasteiger partial charge in [-0.2, -0.15) is 0 Å². The van der Waals surface area contributed by atoms with Crippen molar-refractivity contribution in [2.45, 2.75) is 32.6 Å². The molecule has 0 amide bonds. The molecule has 1 aromatic carbocycles. The van der Waals surface area contributed by atoms with E-state index in [0.717, 1.165) is 40.4 Å². The van der Waals surface area contributed by atoms with Gasteiger partial charge in [-0.05, 0) is 53.9 Å². The molecule has 0 aliphatic rings. The normalized spacial score (nSPS) is 10.3. The molecule has 3 nitrogen and oxygen atoms in total. The summed E-state index contributed by atoms with van der Waals surface area (Å²) in [6.45, 7) is 3.20. The van der Waals surface area contributed by atoms with Crippen molar-refractivity contribution in [3.63, 3.8) is 0 Å². The third-order valence-corrected chi connectivity index (χ3v) is 3.79. The van der Waals surface area contributed by atoms with Crippen LogP contribution in [0.5, 0.6) is 0 Å². The van der Waals surface area contributed by atoms with Gasteiger partial charge in [-0.3, -0.25) is 4.79 Å². The van der Waals surface area contributed by atoms with Gasteiger partial charge in [-0.15, -0.1) is 0 Å². The predicted octanol–water partition coefficient (Wildman–Crippen LogP) is 4.75. The highest BCUT2D eigenvalue weighted by molar-refractivity contribution is 9.11. The summed E-state index contributed by atoms with van der Waals surface area (Å²) in [6, 6.07) is 6.05. The van der Waals surface area contributed by atoms with Gasteiger partial charge in [0.2, 0.25) is 0 Å². The lowest BCUT2D eigenvalue weighted by atomic mass is 10.2. The molecule has 0 saturated carbocycles. The zero-order chi connectivity index (χ0) is 14.1. The van der Waals surface area contributed by atoms with Crippen LogP contribution < -0.4 is 5.32 Å². The summed E-state index contributed by atoms with van der Waals surface area (Å²) in [6.07, 6.45) is 3.48. The zero-order valence-corrected chi connectivity index (χ0v) is 14.2. The van der Waals surface area contributed by atoms with Gasteiger partial charge in [0.05, 0.1) is 6.61 Å². The van der Waals surface area contributed by atoms with E-state index in [0.29, 0.717) is 13.0 Å². The van der Waals surface area contributed by atoms with Gasteiger partial charge in [-0.25, -0.2) is 0 Å². The summed E-state index contributed by atoms with van der Waals surface area (Å²) in [5.74, 6) is -0.0924. The second-order valence-corrected chi connectivity index (χ2v) is 5.94. The van der Waals surface area contributed by atoms with Crippen LogP contribution >= 0.6 is 31.9 Å². The van der Waals surface area contributed by atoms with Gasteiger partial charge in [0, 0.05) is 27.6 Å². The Morgan fingerprint density at radius 3 is 2.79 bits per heavy atom. The van der Waals surface area contributed by atoms with Crippen LogP contribution in [0.3, 0.4) is 0 Å². The Bertz CT molecular complexity index is 410. The minimum Gasteiger partial charge on any atom is -0.466 e. The molecule has 0 aromatic heterocycles. The molecule has 0 heterocycles. The Hall–Kier alpha value is -0.550. The summed E-state index contributed by atoms with van der Waals surface area (Å²) in [5, 5.41) is 3.37. The number of carbonyl (C=O) groups is 1. The van der Waals surface area contributed by atoms with Gasteiger partial charge in [0.25, 0.3) is 0 Å². The van der Waals surface area contributed by atoms with E-state index in [9.17, 15) is 4.79 Å². The van der Waals surface area contributed by atoms with Crippen LogP contribution in [0.25, 0.3) is 0 Å². The molecule has 0 fully saturated rings. The molecule has 0 saturated heterocycles. The van der Waals surface area contributed by atoms with Crippen molar-refractivity contribution in [1.82, 2.24) is 0 Å². The van der Waals surface area contributed by atoms with Crippen LogP contribution in [0, 0.1) is 0 Å². The molecule has 0 aliphatic carbocycles. The molecule has 0 spiro atoms. The average Bonchev–Trinajstić information content (AvgIpc) is 2.38. The smallest absolute Gasteiger partial charge is 0.305 e. The minimum atomic E-state index is -0.0924. The molecule has 106 valence electrons.